The van der Waals surface area contributed by atoms with Crippen molar-refractivity contribution in [3.63, 3.8) is 0 Å². The summed E-state index contributed by atoms with van der Waals surface area (Å²) in [6.45, 7) is 3.61. The van der Waals surface area contributed by atoms with Crippen molar-refractivity contribution in [3.8, 4) is 0 Å². The van der Waals surface area contributed by atoms with E-state index in [0.717, 1.165) is 0 Å². The van der Waals surface area contributed by atoms with Crippen molar-refractivity contribution in [2.24, 2.45) is 0 Å². The molecule has 1 aromatic heterocycles. The third-order valence-corrected chi connectivity index (χ3v) is 3.12. The minimum atomic E-state index is -0.373. The van der Waals surface area contributed by atoms with Crippen LogP contribution in [0.3, 0.4) is 0 Å². The SMILES string of the molecule is C=CCSc1cc([N+](=O)[O-])c2ccccc2n1. The van der Waals surface area contributed by atoms with E-state index in [0.29, 0.717) is 21.7 Å². The fourth-order valence-electron chi connectivity index (χ4n) is 1.50. The molecule has 0 aliphatic rings. The molecule has 0 fully saturated rings. The third-order valence-electron chi connectivity index (χ3n) is 2.22. The van der Waals surface area contributed by atoms with Crippen LogP contribution in [0.2, 0.25) is 0 Å². The predicted molar refractivity (Wildman–Crippen MR) is 69.3 cm³/mol. The van der Waals surface area contributed by atoms with Gasteiger partial charge in [0.2, 0.25) is 0 Å². The van der Waals surface area contributed by atoms with Crippen molar-refractivity contribution in [2.45, 2.75) is 5.03 Å². The highest BCUT2D eigenvalue weighted by Gasteiger charge is 2.14. The molecule has 0 saturated carbocycles. The van der Waals surface area contributed by atoms with Crippen LogP contribution in [-0.2, 0) is 0 Å². The summed E-state index contributed by atoms with van der Waals surface area (Å²) in [6.07, 6.45) is 1.74. The van der Waals surface area contributed by atoms with E-state index >= 15 is 0 Å². The Morgan fingerprint density at radius 3 is 2.94 bits per heavy atom. The molecule has 0 unspecified atom stereocenters. The van der Waals surface area contributed by atoms with E-state index in [4.69, 9.17) is 0 Å². The lowest BCUT2D eigenvalue weighted by molar-refractivity contribution is -0.383. The van der Waals surface area contributed by atoms with Crippen LogP contribution in [0.1, 0.15) is 0 Å². The second kappa shape index (κ2) is 4.97. The Morgan fingerprint density at radius 2 is 2.24 bits per heavy atom. The van der Waals surface area contributed by atoms with Gasteiger partial charge in [-0.15, -0.1) is 18.3 Å². The Bertz CT molecular complexity index is 584. The highest BCUT2D eigenvalue weighted by molar-refractivity contribution is 7.99. The molecule has 0 N–H and O–H groups in total. The smallest absolute Gasteiger partial charge is 0.258 e. The van der Waals surface area contributed by atoms with Gasteiger partial charge in [-0.3, -0.25) is 10.1 Å². The molecule has 1 aromatic carbocycles. The molecule has 2 rings (SSSR count). The van der Waals surface area contributed by atoms with Crippen molar-refractivity contribution in [1.82, 2.24) is 4.98 Å². The summed E-state index contributed by atoms with van der Waals surface area (Å²) in [5, 5.41) is 12.2. The monoisotopic (exact) mass is 246 g/mol. The number of nitrogens with zero attached hydrogens (tertiary/aromatic N) is 2. The number of hydrogen-bond donors (Lipinski definition) is 0. The third kappa shape index (κ3) is 2.45. The maximum Gasteiger partial charge on any atom is 0.281 e. The summed E-state index contributed by atoms with van der Waals surface area (Å²) >= 11 is 1.43. The highest BCUT2D eigenvalue weighted by atomic mass is 32.2. The van der Waals surface area contributed by atoms with E-state index in [1.54, 1.807) is 24.3 Å². The second-order valence-electron chi connectivity index (χ2n) is 3.35. The van der Waals surface area contributed by atoms with E-state index in [1.807, 2.05) is 6.07 Å². The molecular weight excluding hydrogens is 236 g/mol. The Hall–Kier alpha value is -1.88. The first-order chi connectivity index (χ1) is 8.22. The Kier molecular flexibility index (Phi) is 3.39. The molecule has 17 heavy (non-hydrogen) atoms. The fraction of sp³-hybridized carbons (Fsp3) is 0.0833. The molecule has 0 amide bonds. The molecule has 2 aromatic rings. The molecule has 5 heteroatoms. The van der Waals surface area contributed by atoms with E-state index in [-0.39, 0.29) is 10.6 Å². The molecular formula is C12H10N2O2S. The number of fused-ring (bicyclic) bond motifs is 1. The van der Waals surface area contributed by atoms with Crippen LogP contribution in [0.5, 0.6) is 0 Å². The summed E-state index contributed by atoms with van der Waals surface area (Å²) in [5.41, 5.74) is 0.746. The Labute approximate surface area is 103 Å². The van der Waals surface area contributed by atoms with Gasteiger partial charge < -0.3 is 0 Å². The number of aromatic nitrogens is 1. The fourth-order valence-corrected chi connectivity index (χ4v) is 2.15. The number of rotatable bonds is 4. The zero-order valence-electron chi connectivity index (χ0n) is 9.00. The maximum atomic E-state index is 11.0. The summed E-state index contributed by atoms with van der Waals surface area (Å²) in [4.78, 5) is 15.0. The summed E-state index contributed by atoms with van der Waals surface area (Å²) in [7, 11) is 0. The summed E-state index contributed by atoms with van der Waals surface area (Å²) in [6, 6.07) is 8.59. The lowest BCUT2D eigenvalue weighted by Crippen LogP contribution is -1.93. The molecule has 4 nitrogen and oxygen atoms in total. The van der Waals surface area contributed by atoms with Crippen LogP contribution < -0.4 is 0 Å². The van der Waals surface area contributed by atoms with Gasteiger partial charge in [0.25, 0.3) is 5.69 Å². The number of benzene rings is 1. The van der Waals surface area contributed by atoms with Gasteiger partial charge in [0, 0.05) is 11.8 Å². The molecule has 1 heterocycles. The van der Waals surface area contributed by atoms with Crippen molar-refractivity contribution in [1.29, 1.82) is 0 Å². The van der Waals surface area contributed by atoms with Gasteiger partial charge in [-0.05, 0) is 12.1 Å². The number of thioether (sulfide) groups is 1. The molecule has 0 saturated heterocycles. The molecule has 0 atom stereocenters. The average Bonchev–Trinajstić information content (AvgIpc) is 2.35. The van der Waals surface area contributed by atoms with Crippen molar-refractivity contribution in [2.75, 3.05) is 5.75 Å². The minimum Gasteiger partial charge on any atom is -0.258 e. The topological polar surface area (TPSA) is 56.0 Å². The van der Waals surface area contributed by atoms with Crippen LogP contribution >= 0.6 is 11.8 Å². The summed E-state index contributed by atoms with van der Waals surface area (Å²) < 4.78 is 0. The van der Waals surface area contributed by atoms with Crippen molar-refractivity contribution in [3.05, 3.63) is 53.1 Å². The Morgan fingerprint density at radius 1 is 1.47 bits per heavy atom. The van der Waals surface area contributed by atoms with E-state index in [9.17, 15) is 10.1 Å². The van der Waals surface area contributed by atoms with Gasteiger partial charge in [-0.1, -0.05) is 18.2 Å². The molecule has 0 spiro atoms. The first kappa shape index (κ1) is 11.6. The number of para-hydroxylation sites is 1. The van der Waals surface area contributed by atoms with Crippen LogP contribution in [0.25, 0.3) is 10.9 Å². The number of pyridine rings is 1. The van der Waals surface area contributed by atoms with Gasteiger partial charge in [-0.2, -0.15) is 0 Å². The highest BCUT2D eigenvalue weighted by Crippen LogP contribution is 2.29. The van der Waals surface area contributed by atoms with Gasteiger partial charge in [0.05, 0.1) is 15.8 Å². The predicted octanol–water partition coefficient (Wildman–Crippen LogP) is 3.42. The summed E-state index contributed by atoms with van der Waals surface area (Å²) in [5.74, 6) is 0.683. The van der Waals surface area contributed by atoms with Crippen LogP contribution in [0, 0.1) is 10.1 Å². The van der Waals surface area contributed by atoms with Gasteiger partial charge in [-0.25, -0.2) is 4.98 Å². The molecule has 86 valence electrons. The Balaban J connectivity index is 2.58. The zero-order chi connectivity index (χ0) is 12.3. The molecule has 0 bridgehead atoms. The quantitative estimate of drug-likeness (QED) is 0.359. The van der Waals surface area contributed by atoms with Gasteiger partial charge in [0.15, 0.2) is 0 Å². The standard InChI is InChI=1S/C12H10N2O2S/c1-2-7-17-12-8-11(14(15)16)9-5-3-4-6-10(9)13-12/h2-6,8H,1,7H2. The average molecular weight is 246 g/mol. The molecule has 0 aliphatic carbocycles. The largest absolute Gasteiger partial charge is 0.281 e. The number of hydrogen-bond acceptors (Lipinski definition) is 4. The zero-order valence-corrected chi connectivity index (χ0v) is 9.81. The first-order valence-corrected chi connectivity index (χ1v) is 5.99. The van der Waals surface area contributed by atoms with Gasteiger partial charge >= 0.3 is 0 Å². The van der Waals surface area contributed by atoms with Gasteiger partial charge in [0.1, 0.15) is 5.03 Å². The van der Waals surface area contributed by atoms with Crippen molar-refractivity contribution >= 4 is 28.4 Å². The van der Waals surface area contributed by atoms with Crippen LogP contribution in [0.15, 0.2) is 48.0 Å². The van der Waals surface area contributed by atoms with Crippen LogP contribution in [-0.4, -0.2) is 15.7 Å². The minimum absolute atomic E-state index is 0.0992. The van der Waals surface area contributed by atoms with Crippen LogP contribution in [0.4, 0.5) is 5.69 Å². The lowest BCUT2D eigenvalue weighted by Gasteiger charge is -2.02. The van der Waals surface area contributed by atoms with E-state index in [2.05, 4.69) is 11.6 Å². The maximum absolute atomic E-state index is 11.0. The van der Waals surface area contributed by atoms with E-state index in [1.165, 1.54) is 17.8 Å². The van der Waals surface area contributed by atoms with E-state index < -0.39 is 0 Å². The normalized spacial score (nSPS) is 10.4. The van der Waals surface area contributed by atoms with Crippen molar-refractivity contribution < 1.29 is 4.92 Å². The first-order valence-electron chi connectivity index (χ1n) is 5.00. The number of nitro groups is 1. The molecule has 0 radical (unpaired) electrons. The molecule has 0 aliphatic heterocycles. The second-order valence-corrected chi connectivity index (χ2v) is 4.39. The lowest BCUT2D eigenvalue weighted by atomic mass is 10.2.